The van der Waals surface area contributed by atoms with E-state index in [-0.39, 0.29) is 74.1 Å². The number of phenolic OH excluding ortho intramolecular Hbond substituents is 2. The van der Waals surface area contributed by atoms with Gasteiger partial charge in [-0.1, -0.05) is 106 Å². The van der Waals surface area contributed by atoms with E-state index in [2.05, 4.69) is 8.37 Å². The Morgan fingerprint density at radius 3 is 0.800 bits per heavy atom. The summed E-state index contributed by atoms with van der Waals surface area (Å²) in [5.74, 6) is 0.411. The van der Waals surface area contributed by atoms with E-state index in [1.807, 2.05) is 27.7 Å². The molecule has 8 aromatic rings. The average Bonchev–Trinajstić information content (AvgIpc) is 3.57. The number of ketones is 2. The highest BCUT2D eigenvalue weighted by molar-refractivity contribution is 7.86. The fourth-order valence-electron chi connectivity index (χ4n) is 7.66. The third-order valence-electron chi connectivity index (χ3n) is 12.1. The normalized spacial score (nSPS) is 11.3. The third kappa shape index (κ3) is 21.1. The number of hydrogen-bond acceptors (Lipinski definition) is 18. The van der Waals surface area contributed by atoms with Gasteiger partial charge in [0.05, 0.1) is 13.4 Å². The summed E-state index contributed by atoms with van der Waals surface area (Å²) in [6, 6.07) is 49.1. The fraction of sp³-hybridized carbons (Fsp3) is 0.180. The van der Waals surface area contributed by atoms with Crippen molar-refractivity contribution in [3.63, 3.8) is 0 Å². The quantitative estimate of drug-likeness (QED) is 0.0433. The second-order valence-electron chi connectivity index (χ2n) is 18.7. The van der Waals surface area contributed by atoms with Gasteiger partial charge < -0.3 is 35.9 Å². The number of carbonyl (C=O) groups excluding carboxylic acids is 2. The number of halogens is 2. The van der Waals surface area contributed by atoms with E-state index in [9.17, 15) is 51.0 Å². The van der Waals surface area contributed by atoms with E-state index in [4.69, 9.17) is 27.5 Å². The van der Waals surface area contributed by atoms with Crippen molar-refractivity contribution in [1.29, 1.82) is 0 Å². The van der Waals surface area contributed by atoms with Gasteiger partial charge in [0.25, 0.3) is 0 Å². The number of hydrogen-bond donors (Lipinski definition) is 2. The van der Waals surface area contributed by atoms with Crippen LogP contribution < -0.4 is 25.7 Å². The van der Waals surface area contributed by atoms with Crippen LogP contribution in [0.15, 0.2) is 194 Å². The van der Waals surface area contributed by atoms with Gasteiger partial charge in [0.15, 0.2) is 11.6 Å². The van der Waals surface area contributed by atoms with E-state index >= 15 is 0 Å². The summed E-state index contributed by atoms with van der Waals surface area (Å²) >= 11 is 0. The van der Waals surface area contributed by atoms with Crippen LogP contribution in [0.5, 0.6) is 46.0 Å². The molecule has 0 aliphatic heterocycles. The Bertz CT molecular complexity index is 3830. The smallest absolute Gasteiger partial charge is 0.500 e. The Hall–Kier alpha value is -8.84. The average molecular weight is 1250 g/mol. The van der Waals surface area contributed by atoms with Crippen molar-refractivity contribution in [2.24, 2.45) is 0 Å². The number of phenols is 2. The van der Waals surface area contributed by atoms with E-state index in [0.29, 0.717) is 28.0 Å². The van der Waals surface area contributed by atoms with Gasteiger partial charge in [0.1, 0.15) is 46.0 Å². The summed E-state index contributed by atoms with van der Waals surface area (Å²) in [6.45, 7) is 7.66. The second kappa shape index (κ2) is 29.1. The highest BCUT2D eigenvalue weighted by Gasteiger charge is 2.26. The van der Waals surface area contributed by atoms with Gasteiger partial charge in [-0.2, -0.15) is 25.3 Å². The molecule has 0 saturated carbocycles. The predicted octanol–water partition coefficient (Wildman–Crippen LogP) is 12.7. The van der Waals surface area contributed by atoms with E-state index in [1.54, 1.807) is 109 Å². The van der Waals surface area contributed by atoms with Gasteiger partial charge in [-0.3, -0.25) is 9.59 Å². The van der Waals surface area contributed by atoms with Crippen LogP contribution in [-0.4, -0.2) is 68.8 Å². The van der Waals surface area contributed by atoms with Gasteiger partial charge in [-0.25, -0.2) is 0 Å². The minimum atomic E-state index is -5.09. The number of benzene rings is 8. The maximum absolute atomic E-state index is 12.7. The fourth-order valence-corrected chi connectivity index (χ4v) is 9.53. The van der Waals surface area contributed by atoms with E-state index in [1.165, 1.54) is 92.0 Å². The first kappa shape index (κ1) is 70.4. The summed E-state index contributed by atoms with van der Waals surface area (Å²) in [6.07, 6.45) is 0.975. The summed E-state index contributed by atoms with van der Waals surface area (Å²) in [5, 5.41) is 18.2. The molecule has 0 aliphatic carbocycles. The first-order chi connectivity index (χ1) is 38.3. The van der Waals surface area contributed by atoms with Crippen molar-refractivity contribution in [2.45, 2.75) is 60.8 Å². The van der Waals surface area contributed by atoms with Crippen LogP contribution in [0.4, 0.5) is 7.77 Å². The molecule has 8 aromatic carbocycles. The first-order valence-corrected chi connectivity index (χ1v) is 29.7. The molecule has 0 unspecified atom stereocenters. The van der Waals surface area contributed by atoms with E-state index < -0.39 is 52.4 Å². The Morgan fingerprint density at radius 1 is 0.353 bits per heavy atom. The van der Waals surface area contributed by atoms with Crippen LogP contribution in [0.1, 0.15) is 104 Å². The predicted molar refractivity (Wildman–Crippen MR) is 320 cm³/mol. The molecule has 8 rings (SSSR count). The SMILES string of the molecule is C.C.C.CC(C)(c1ccc(OS(=O)(=O)F)cc1)c1ccc(OS(=O)(=O)F)cc1.COc1ccc(C(=O)c2ccc(OS(=O)(=O)Oc3ccc(C(C)(C)c4ccc(OS(C)(=O)=O)cc4)cc3)cc2)cc1.O=C(c1ccc(O)cc1)c1ccc(O)cc1. The van der Waals surface area contributed by atoms with Crippen molar-refractivity contribution >= 4 is 53.1 Å². The Labute approximate surface area is 496 Å². The van der Waals surface area contributed by atoms with Crippen LogP contribution >= 0.6 is 0 Å². The van der Waals surface area contributed by atoms with Crippen LogP contribution in [0, 0.1) is 0 Å². The van der Waals surface area contributed by atoms with Gasteiger partial charge in [0, 0.05) is 33.1 Å². The molecular weight excluding hydrogens is 1190 g/mol. The van der Waals surface area contributed by atoms with Gasteiger partial charge in [-0.15, -0.1) is 8.42 Å². The highest BCUT2D eigenvalue weighted by Crippen LogP contribution is 2.36. The van der Waals surface area contributed by atoms with Crippen molar-refractivity contribution < 1.29 is 86.9 Å². The summed E-state index contributed by atoms with van der Waals surface area (Å²) in [4.78, 5) is 24.6. The van der Waals surface area contributed by atoms with Crippen LogP contribution in [0.3, 0.4) is 0 Å². The lowest BCUT2D eigenvalue weighted by atomic mass is 9.78. The molecule has 18 nitrogen and oxygen atoms in total. The standard InChI is InChI=1S/C30H28O9S2.C15H14F2O6S2.C13H10O3.3CH4/c1-30(2,23-9-17-26(18-10-23)37-40(4,32)33)24-11-19-28(20-12-24)39-41(34,35)38-27-15-7-22(8-16-27)29(31)21-5-13-25(36-3)14-6-21;1-15(2,11-3-7-13(8-4-11)22-24(16,18)19)12-5-9-14(10-6-12)23-25(17,20)21;14-11-5-1-9(2-6-11)13(16)10-3-7-12(15)8-4-10;;;/h5-20H,1-4H3;3-10H,1-2H3;1-8,14-15H;3*1H4. The molecule has 0 spiro atoms. The third-order valence-corrected chi connectivity index (χ3v) is 14.1. The lowest BCUT2D eigenvalue weighted by molar-refractivity contribution is 0.103. The Balaban J connectivity index is 0.000000365. The van der Waals surface area contributed by atoms with Crippen LogP contribution in [-0.2, 0) is 52.4 Å². The van der Waals surface area contributed by atoms with Crippen molar-refractivity contribution in [1.82, 2.24) is 0 Å². The Morgan fingerprint density at radius 2 is 0.565 bits per heavy atom. The van der Waals surface area contributed by atoms with Crippen molar-refractivity contribution in [2.75, 3.05) is 13.4 Å². The minimum Gasteiger partial charge on any atom is -0.508 e. The lowest BCUT2D eigenvalue weighted by Gasteiger charge is -2.26. The maximum Gasteiger partial charge on any atom is 0.500 e. The van der Waals surface area contributed by atoms with Gasteiger partial charge >= 0.3 is 41.5 Å². The Kier molecular flexibility index (Phi) is 24.1. The summed E-state index contributed by atoms with van der Waals surface area (Å²) in [5.41, 5.74) is 4.01. The lowest BCUT2D eigenvalue weighted by Crippen LogP contribution is -2.19. The maximum atomic E-state index is 12.7. The number of carbonyl (C=O) groups is 2. The zero-order valence-corrected chi connectivity index (χ0v) is 47.6. The molecule has 0 bridgehead atoms. The molecule has 0 heterocycles. The number of methoxy groups -OCH3 is 1. The molecule has 0 atom stereocenters. The molecule has 454 valence electrons. The number of aromatic hydroxyl groups is 2. The molecule has 24 heteroatoms. The molecular formula is C61H64F2O18S4. The minimum absolute atomic E-state index is 0. The number of rotatable bonds is 19. The van der Waals surface area contributed by atoms with Crippen molar-refractivity contribution in [3.05, 3.63) is 239 Å². The number of ether oxygens (including phenoxy) is 1. The molecule has 0 fully saturated rings. The van der Waals surface area contributed by atoms with Gasteiger partial charge in [0.2, 0.25) is 0 Å². The first-order valence-electron chi connectivity index (χ1n) is 23.9. The monoisotopic (exact) mass is 1250 g/mol. The van der Waals surface area contributed by atoms with Crippen molar-refractivity contribution in [3.8, 4) is 46.0 Å². The second-order valence-corrected chi connectivity index (χ2v) is 23.3. The molecule has 0 aliphatic rings. The van der Waals surface area contributed by atoms with Crippen LogP contribution in [0.25, 0.3) is 0 Å². The summed E-state index contributed by atoms with van der Waals surface area (Å²) in [7, 11) is -16.7. The summed E-state index contributed by atoms with van der Waals surface area (Å²) < 4.78 is 143. The molecule has 0 radical (unpaired) electrons. The molecule has 0 amide bonds. The molecule has 0 saturated heterocycles. The molecule has 85 heavy (non-hydrogen) atoms. The zero-order valence-electron chi connectivity index (χ0n) is 44.3. The highest BCUT2D eigenvalue weighted by atomic mass is 32.3. The molecule has 0 aromatic heterocycles. The zero-order chi connectivity index (χ0) is 60.3. The largest absolute Gasteiger partial charge is 0.508 e. The topological polar surface area (TPSA) is 267 Å². The van der Waals surface area contributed by atoms with Crippen LogP contribution in [0.2, 0.25) is 0 Å². The molecule has 2 N–H and O–H groups in total. The van der Waals surface area contributed by atoms with Gasteiger partial charge in [-0.05, 0) is 168 Å². The van der Waals surface area contributed by atoms with E-state index in [0.717, 1.165) is 28.5 Å².